The molecule has 94 valence electrons. The van der Waals surface area contributed by atoms with Gasteiger partial charge in [-0.1, -0.05) is 0 Å². The molecule has 1 rings (SSSR count). The number of halogens is 2. The van der Waals surface area contributed by atoms with Gasteiger partial charge in [0, 0.05) is 11.6 Å². The number of rotatable bonds is 5. The average Bonchev–Trinajstić information content (AvgIpc) is 2.28. The highest BCUT2D eigenvalue weighted by molar-refractivity contribution is 5.69. The molecule has 2 unspecified atom stereocenters. The average molecular weight is 245 g/mol. The maximum atomic E-state index is 13.3. The minimum Gasteiger partial charge on any atom is -0.480 e. The third kappa shape index (κ3) is 3.76. The first-order valence-corrected chi connectivity index (χ1v) is 5.00. The lowest BCUT2D eigenvalue weighted by molar-refractivity contribution is -0.136. The van der Waals surface area contributed by atoms with Gasteiger partial charge in [-0.2, -0.15) is 0 Å². The summed E-state index contributed by atoms with van der Waals surface area (Å²) in [4.78, 5) is 10.3. The van der Waals surface area contributed by atoms with Crippen LogP contribution in [-0.4, -0.2) is 28.8 Å². The maximum absolute atomic E-state index is 13.3. The maximum Gasteiger partial charge on any atom is 0.317 e. The lowest BCUT2D eigenvalue weighted by Gasteiger charge is -2.20. The van der Waals surface area contributed by atoms with E-state index in [4.69, 9.17) is 5.11 Å². The summed E-state index contributed by atoms with van der Waals surface area (Å²) < 4.78 is 26.2. The number of aliphatic carboxylic acids is 1. The Morgan fingerprint density at radius 1 is 1.47 bits per heavy atom. The Hall–Kier alpha value is -1.53. The predicted octanol–water partition coefficient (Wildman–Crippen LogP) is 1.06. The zero-order chi connectivity index (χ0) is 13.0. The Morgan fingerprint density at radius 3 is 2.71 bits per heavy atom. The lowest BCUT2D eigenvalue weighted by Crippen LogP contribution is -2.36. The molecule has 17 heavy (non-hydrogen) atoms. The van der Waals surface area contributed by atoms with Gasteiger partial charge in [-0.25, -0.2) is 8.78 Å². The number of carboxylic acids is 1. The molecular formula is C11H13F2NO3. The van der Waals surface area contributed by atoms with Gasteiger partial charge in [-0.05, 0) is 25.1 Å². The molecule has 0 aliphatic carbocycles. The molecular weight excluding hydrogens is 232 g/mol. The second-order valence-electron chi connectivity index (χ2n) is 3.67. The number of benzene rings is 1. The zero-order valence-electron chi connectivity index (χ0n) is 9.15. The summed E-state index contributed by atoms with van der Waals surface area (Å²) in [5.74, 6) is -2.49. The van der Waals surface area contributed by atoms with Crippen LogP contribution in [0.5, 0.6) is 0 Å². The molecule has 0 saturated carbocycles. The van der Waals surface area contributed by atoms with E-state index in [0.717, 1.165) is 18.2 Å². The van der Waals surface area contributed by atoms with Crippen LogP contribution in [0.4, 0.5) is 8.78 Å². The normalized spacial score (nSPS) is 14.4. The minimum atomic E-state index is -1.31. The van der Waals surface area contributed by atoms with Crippen molar-refractivity contribution in [1.29, 1.82) is 0 Å². The fourth-order valence-corrected chi connectivity index (χ4v) is 1.37. The Kier molecular flexibility index (Phi) is 4.53. The summed E-state index contributed by atoms with van der Waals surface area (Å²) in [5.41, 5.74) is -0.199. The van der Waals surface area contributed by atoms with Crippen molar-refractivity contribution in [2.45, 2.75) is 19.1 Å². The number of hydrogen-bond donors (Lipinski definition) is 3. The molecule has 0 aliphatic heterocycles. The van der Waals surface area contributed by atoms with Crippen LogP contribution in [0, 0.1) is 11.6 Å². The third-order valence-corrected chi connectivity index (χ3v) is 2.33. The molecule has 1 aromatic carbocycles. The van der Waals surface area contributed by atoms with Crippen molar-refractivity contribution < 1.29 is 23.8 Å². The van der Waals surface area contributed by atoms with E-state index in [-0.39, 0.29) is 12.1 Å². The van der Waals surface area contributed by atoms with E-state index in [1.54, 1.807) is 0 Å². The van der Waals surface area contributed by atoms with Gasteiger partial charge in [0.2, 0.25) is 0 Å². The van der Waals surface area contributed by atoms with Gasteiger partial charge in [0.25, 0.3) is 0 Å². The van der Waals surface area contributed by atoms with Crippen molar-refractivity contribution in [3.63, 3.8) is 0 Å². The molecule has 0 amide bonds. The Bertz CT molecular complexity index is 412. The molecule has 0 fully saturated rings. The monoisotopic (exact) mass is 245 g/mol. The van der Waals surface area contributed by atoms with Crippen LogP contribution in [0.15, 0.2) is 18.2 Å². The summed E-state index contributed by atoms with van der Waals surface area (Å²) in [7, 11) is 0. The summed E-state index contributed by atoms with van der Waals surface area (Å²) in [6.45, 7) is 1.12. The Morgan fingerprint density at radius 2 is 2.12 bits per heavy atom. The van der Waals surface area contributed by atoms with Crippen molar-refractivity contribution in [2.75, 3.05) is 6.54 Å². The van der Waals surface area contributed by atoms with E-state index in [0.29, 0.717) is 0 Å². The highest BCUT2D eigenvalue weighted by atomic mass is 19.1. The fraction of sp³-hybridized carbons (Fsp3) is 0.364. The van der Waals surface area contributed by atoms with Crippen molar-refractivity contribution >= 4 is 5.97 Å². The third-order valence-electron chi connectivity index (χ3n) is 2.33. The molecule has 2 atom stereocenters. The topological polar surface area (TPSA) is 69.6 Å². The summed E-state index contributed by atoms with van der Waals surface area (Å²) in [5, 5.41) is 20.7. The van der Waals surface area contributed by atoms with Crippen LogP contribution < -0.4 is 5.32 Å². The van der Waals surface area contributed by atoms with E-state index in [9.17, 15) is 18.7 Å². The van der Waals surface area contributed by atoms with Gasteiger partial charge in [-0.3, -0.25) is 4.79 Å². The van der Waals surface area contributed by atoms with Crippen molar-refractivity contribution in [3.8, 4) is 0 Å². The summed E-state index contributed by atoms with van der Waals surface area (Å²) >= 11 is 0. The molecule has 4 nitrogen and oxygen atoms in total. The first-order chi connectivity index (χ1) is 7.91. The van der Waals surface area contributed by atoms with E-state index in [1.165, 1.54) is 6.92 Å². The van der Waals surface area contributed by atoms with Crippen LogP contribution in [0.3, 0.4) is 0 Å². The fourth-order valence-electron chi connectivity index (χ4n) is 1.37. The Labute approximate surface area is 96.9 Å². The molecule has 6 heteroatoms. The number of carboxylic acid groups (broad SMARTS) is 1. The van der Waals surface area contributed by atoms with Crippen molar-refractivity contribution in [1.82, 2.24) is 5.32 Å². The molecule has 0 radical (unpaired) electrons. The molecule has 0 aliphatic rings. The zero-order valence-corrected chi connectivity index (χ0v) is 9.15. The molecule has 3 N–H and O–H groups in total. The second kappa shape index (κ2) is 5.70. The SMILES string of the molecule is CC(NCC(=O)O)C(O)c1cc(F)ccc1F. The largest absolute Gasteiger partial charge is 0.480 e. The van der Waals surface area contributed by atoms with Gasteiger partial charge in [0.05, 0.1) is 12.6 Å². The molecule has 0 spiro atoms. The van der Waals surface area contributed by atoms with Crippen LogP contribution in [0.1, 0.15) is 18.6 Å². The van der Waals surface area contributed by atoms with Crippen LogP contribution in [0.25, 0.3) is 0 Å². The number of aliphatic hydroxyl groups is 1. The van der Waals surface area contributed by atoms with Gasteiger partial charge < -0.3 is 15.5 Å². The standard InChI is InChI=1S/C11H13F2NO3/c1-6(14-5-10(15)16)11(17)8-4-7(12)2-3-9(8)13/h2-4,6,11,14,17H,5H2,1H3,(H,15,16). The first kappa shape index (κ1) is 13.5. The molecule has 1 aromatic rings. The molecule has 0 aromatic heterocycles. The predicted molar refractivity (Wildman–Crippen MR) is 56.4 cm³/mol. The van der Waals surface area contributed by atoms with Crippen LogP contribution >= 0.6 is 0 Å². The highest BCUT2D eigenvalue weighted by Crippen LogP contribution is 2.21. The summed E-state index contributed by atoms with van der Waals surface area (Å²) in [6, 6.07) is 2.04. The van der Waals surface area contributed by atoms with Crippen LogP contribution in [0.2, 0.25) is 0 Å². The minimum absolute atomic E-state index is 0.199. The highest BCUT2D eigenvalue weighted by Gasteiger charge is 2.20. The number of carbonyl (C=O) groups is 1. The van der Waals surface area contributed by atoms with Gasteiger partial charge in [-0.15, -0.1) is 0 Å². The van der Waals surface area contributed by atoms with Crippen LogP contribution in [-0.2, 0) is 4.79 Å². The van der Waals surface area contributed by atoms with Gasteiger partial charge in [0.1, 0.15) is 11.6 Å². The second-order valence-corrected chi connectivity index (χ2v) is 3.67. The lowest BCUT2D eigenvalue weighted by atomic mass is 10.0. The molecule has 0 bridgehead atoms. The number of hydrogen-bond acceptors (Lipinski definition) is 3. The molecule has 0 heterocycles. The van der Waals surface area contributed by atoms with Crippen molar-refractivity contribution in [3.05, 3.63) is 35.4 Å². The quantitative estimate of drug-likeness (QED) is 0.725. The van der Waals surface area contributed by atoms with E-state index >= 15 is 0 Å². The van der Waals surface area contributed by atoms with E-state index < -0.39 is 29.7 Å². The Balaban J connectivity index is 2.77. The van der Waals surface area contributed by atoms with Gasteiger partial charge >= 0.3 is 5.97 Å². The van der Waals surface area contributed by atoms with E-state index in [2.05, 4.69) is 5.32 Å². The van der Waals surface area contributed by atoms with Crippen molar-refractivity contribution in [2.24, 2.45) is 0 Å². The number of nitrogens with one attached hydrogen (secondary N) is 1. The smallest absolute Gasteiger partial charge is 0.317 e. The number of aliphatic hydroxyl groups excluding tert-OH is 1. The summed E-state index contributed by atoms with van der Waals surface area (Å²) in [6.07, 6.45) is -1.31. The van der Waals surface area contributed by atoms with E-state index in [1.807, 2.05) is 0 Å². The van der Waals surface area contributed by atoms with Gasteiger partial charge in [0.15, 0.2) is 0 Å². The molecule has 0 saturated heterocycles. The first-order valence-electron chi connectivity index (χ1n) is 5.00.